The molecule has 10 atom stereocenters. The highest BCUT2D eigenvalue weighted by atomic mass is 28.4. The first-order valence-electron chi connectivity index (χ1n) is 14.5. The number of carbonyl (C=O) groups is 3. The number of fused-ring (bicyclic) bond motifs is 2. The SMILES string of the molecule is C[C@H]1[C@H]([Si](C)(C)F)[C@@H](CC(=O)N2CCC[C@H]2CO)O[C@]12C(=O)N(C)c1ccc(NC(=O)[C@H]3O[C@@H](O)[C@H](O)[C@@H](O)[C@@H]3O)cc12. The average molecular weight is 626 g/mol. The first-order valence-corrected chi connectivity index (χ1v) is 17.5. The lowest BCUT2D eigenvalue weighted by Gasteiger charge is -2.37. The van der Waals surface area contributed by atoms with Crippen LogP contribution in [0.2, 0.25) is 18.6 Å². The van der Waals surface area contributed by atoms with Crippen LogP contribution >= 0.6 is 0 Å². The van der Waals surface area contributed by atoms with Gasteiger partial charge in [0.25, 0.3) is 11.8 Å². The zero-order valence-corrected chi connectivity index (χ0v) is 25.5. The Morgan fingerprint density at radius 1 is 1.16 bits per heavy atom. The summed E-state index contributed by atoms with van der Waals surface area (Å²) in [5, 5.41) is 52.1. The smallest absolute Gasteiger partial charge is 0.264 e. The van der Waals surface area contributed by atoms with E-state index in [4.69, 9.17) is 9.47 Å². The van der Waals surface area contributed by atoms with Crippen molar-refractivity contribution in [2.45, 2.75) is 93.3 Å². The summed E-state index contributed by atoms with van der Waals surface area (Å²) < 4.78 is 27.5. The van der Waals surface area contributed by atoms with Gasteiger partial charge in [-0.15, -0.1) is 0 Å². The van der Waals surface area contributed by atoms with Crippen LogP contribution in [-0.2, 0) is 29.5 Å². The van der Waals surface area contributed by atoms with E-state index in [9.17, 15) is 39.9 Å². The van der Waals surface area contributed by atoms with Crippen LogP contribution in [-0.4, -0.2) is 120 Å². The van der Waals surface area contributed by atoms with Crippen molar-refractivity contribution >= 4 is 37.5 Å². The van der Waals surface area contributed by atoms with Crippen LogP contribution in [0.5, 0.6) is 0 Å². The molecular weight excluding hydrogens is 585 g/mol. The third kappa shape index (κ3) is 5.18. The first kappa shape index (κ1) is 31.9. The number of ether oxygens (including phenoxy) is 2. The van der Waals surface area contributed by atoms with E-state index in [1.165, 1.54) is 30.1 Å². The highest BCUT2D eigenvalue weighted by molar-refractivity contribution is 6.72. The molecule has 0 aliphatic carbocycles. The molecule has 4 aliphatic heterocycles. The monoisotopic (exact) mass is 625 g/mol. The number of halogens is 1. The van der Waals surface area contributed by atoms with Crippen molar-refractivity contribution in [3.8, 4) is 0 Å². The summed E-state index contributed by atoms with van der Waals surface area (Å²) in [5.74, 6) is -2.30. The summed E-state index contributed by atoms with van der Waals surface area (Å²) in [6.07, 6.45) is -8.73. The summed E-state index contributed by atoms with van der Waals surface area (Å²) in [4.78, 5) is 43.3. The largest absolute Gasteiger partial charge is 0.394 e. The number of anilines is 2. The molecule has 4 aliphatic rings. The Morgan fingerprint density at radius 3 is 2.51 bits per heavy atom. The van der Waals surface area contributed by atoms with Gasteiger partial charge in [-0.25, -0.2) is 0 Å². The fourth-order valence-electron chi connectivity index (χ4n) is 7.37. The second kappa shape index (κ2) is 11.5. The Kier molecular flexibility index (Phi) is 8.50. The number of hydrogen-bond donors (Lipinski definition) is 6. The maximum absolute atomic E-state index is 16.0. The van der Waals surface area contributed by atoms with Crippen molar-refractivity contribution in [1.82, 2.24) is 4.90 Å². The van der Waals surface area contributed by atoms with Crippen molar-refractivity contribution in [2.24, 2.45) is 5.92 Å². The maximum Gasteiger partial charge on any atom is 0.264 e. The fourth-order valence-corrected chi connectivity index (χ4v) is 9.86. The van der Waals surface area contributed by atoms with Crippen molar-refractivity contribution in [3.05, 3.63) is 23.8 Å². The molecule has 43 heavy (non-hydrogen) atoms. The highest BCUT2D eigenvalue weighted by Crippen LogP contribution is 2.60. The van der Waals surface area contributed by atoms with E-state index in [-0.39, 0.29) is 30.7 Å². The molecule has 238 valence electrons. The molecule has 15 heteroatoms. The molecule has 0 unspecified atom stereocenters. The van der Waals surface area contributed by atoms with Gasteiger partial charge in [-0.1, -0.05) is 6.92 Å². The van der Waals surface area contributed by atoms with E-state index in [1.807, 2.05) is 0 Å². The predicted molar refractivity (Wildman–Crippen MR) is 152 cm³/mol. The Labute approximate surface area is 249 Å². The second-order valence-electron chi connectivity index (χ2n) is 12.5. The molecule has 3 amide bonds. The van der Waals surface area contributed by atoms with Crippen LogP contribution in [0, 0.1) is 5.92 Å². The first-order chi connectivity index (χ1) is 20.1. The molecule has 0 aromatic heterocycles. The lowest BCUT2D eigenvalue weighted by molar-refractivity contribution is -0.274. The zero-order valence-electron chi connectivity index (χ0n) is 24.5. The van der Waals surface area contributed by atoms with Crippen molar-refractivity contribution in [3.63, 3.8) is 0 Å². The Balaban J connectivity index is 1.46. The number of benzene rings is 1. The number of rotatable bonds is 6. The van der Waals surface area contributed by atoms with Gasteiger partial charge in [-0.05, 0) is 44.1 Å². The van der Waals surface area contributed by atoms with Crippen molar-refractivity contribution in [1.29, 1.82) is 0 Å². The minimum Gasteiger partial charge on any atom is -0.394 e. The number of carbonyl (C=O) groups excluding carboxylic acids is 3. The van der Waals surface area contributed by atoms with Gasteiger partial charge < -0.3 is 54.2 Å². The van der Waals surface area contributed by atoms with Crippen LogP contribution in [0.1, 0.15) is 31.7 Å². The van der Waals surface area contributed by atoms with Crippen LogP contribution in [0.25, 0.3) is 0 Å². The molecule has 0 bridgehead atoms. The number of nitrogens with one attached hydrogen (secondary N) is 1. The number of aliphatic hydroxyl groups excluding tert-OH is 5. The minimum absolute atomic E-state index is 0.149. The van der Waals surface area contributed by atoms with E-state index >= 15 is 4.11 Å². The predicted octanol–water partition coefficient (Wildman–Crippen LogP) is -0.450. The fraction of sp³-hybridized carbons (Fsp3) is 0.679. The van der Waals surface area contributed by atoms with E-state index in [1.54, 1.807) is 24.9 Å². The summed E-state index contributed by atoms with van der Waals surface area (Å²) in [6.45, 7) is 5.10. The lowest BCUT2D eigenvalue weighted by Crippen LogP contribution is -2.60. The molecule has 1 spiro atoms. The third-order valence-electron chi connectivity index (χ3n) is 9.49. The van der Waals surface area contributed by atoms with Gasteiger partial charge in [-0.3, -0.25) is 14.4 Å². The second-order valence-corrected chi connectivity index (χ2v) is 16.3. The lowest BCUT2D eigenvalue weighted by atomic mass is 9.82. The number of hydrogen-bond acceptors (Lipinski definition) is 10. The number of likely N-dealkylation sites (tertiary alicyclic amines) is 1. The quantitative estimate of drug-likeness (QED) is 0.178. The molecule has 1 aromatic carbocycles. The minimum atomic E-state index is -3.53. The Hall–Kier alpha value is -2.50. The number of amides is 3. The molecule has 5 rings (SSSR count). The maximum atomic E-state index is 16.0. The Morgan fingerprint density at radius 2 is 1.86 bits per heavy atom. The van der Waals surface area contributed by atoms with Gasteiger partial charge in [0.1, 0.15) is 18.3 Å². The molecule has 0 saturated carbocycles. The van der Waals surface area contributed by atoms with Gasteiger partial charge in [0.05, 0.1) is 30.9 Å². The summed E-state index contributed by atoms with van der Waals surface area (Å²) in [7, 11) is -1.97. The number of nitrogens with zero attached hydrogens (tertiary/aromatic N) is 2. The highest BCUT2D eigenvalue weighted by Gasteiger charge is 2.66. The molecular formula is C28H40FN3O10Si. The van der Waals surface area contributed by atoms with Crippen molar-refractivity contribution in [2.75, 3.05) is 30.4 Å². The number of aliphatic hydroxyl groups is 5. The van der Waals surface area contributed by atoms with Gasteiger partial charge >= 0.3 is 0 Å². The topological polar surface area (TPSA) is 189 Å². The molecule has 1 aromatic rings. The van der Waals surface area contributed by atoms with Crippen LogP contribution < -0.4 is 10.2 Å². The van der Waals surface area contributed by atoms with Gasteiger partial charge in [-0.2, -0.15) is 0 Å². The van der Waals surface area contributed by atoms with E-state index in [2.05, 4.69) is 5.32 Å². The standard InChI is InChI=1S/C28H40FN3O10Si/c1-13-24(43(3,4)29)18(11-19(34)32-9-5-6-15(32)12-33)42-28(13)16-10-14(7-8-17(16)31(2)27(28)40)30-25(38)23-21(36)20(35)22(37)26(39)41-23/h7-8,10,13,15,18,20-24,26,33,35-37,39H,5-6,9,11-12H2,1-4H3,(H,30,38)/t13-,15-,18+,20-,21-,22+,23-,24-,26+,28+/m0/s1. The molecule has 6 N–H and O–H groups in total. The van der Waals surface area contributed by atoms with Gasteiger partial charge in [0, 0.05) is 36.3 Å². The normalized spacial score (nSPS) is 37.7. The van der Waals surface area contributed by atoms with Crippen LogP contribution in [0.4, 0.5) is 15.5 Å². The summed E-state index contributed by atoms with van der Waals surface area (Å²) in [5.41, 5.74) is -1.35. The van der Waals surface area contributed by atoms with Gasteiger partial charge in [0.2, 0.25) is 14.3 Å². The molecule has 13 nitrogen and oxygen atoms in total. The molecule has 0 radical (unpaired) electrons. The molecule has 4 heterocycles. The molecule has 3 saturated heterocycles. The van der Waals surface area contributed by atoms with Crippen LogP contribution in [0.3, 0.4) is 0 Å². The van der Waals surface area contributed by atoms with E-state index in [0.717, 1.165) is 6.42 Å². The zero-order chi connectivity index (χ0) is 31.6. The number of likely N-dealkylation sites (N-methyl/N-ethyl adjacent to an activating group) is 1. The molecule has 3 fully saturated rings. The van der Waals surface area contributed by atoms with E-state index in [0.29, 0.717) is 24.2 Å². The van der Waals surface area contributed by atoms with E-state index < -0.39 is 74.1 Å². The third-order valence-corrected chi connectivity index (χ3v) is 11.9. The van der Waals surface area contributed by atoms with Gasteiger partial charge in [0.15, 0.2) is 18.0 Å². The van der Waals surface area contributed by atoms with Crippen LogP contribution in [0.15, 0.2) is 18.2 Å². The summed E-state index contributed by atoms with van der Waals surface area (Å²) in [6, 6.07) is 4.29. The summed E-state index contributed by atoms with van der Waals surface area (Å²) >= 11 is 0. The average Bonchev–Trinajstić information content (AvgIpc) is 3.60. The van der Waals surface area contributed by atoms with Crippen molar-refractivity contribution < 1.29 is 53.5 Å². The Bertz CT molecular complexity index is 1280.